The summed E-state index contributed by atoms with van der Waals surface area (Å²) in [5.74, 6) is 0.699. The number of sulfonamides is 1. The summed E-state index contributed by atoms with van der Waals surface area (Å²) in [6.45, 7) is 3.94. The summed E-state index contributed by atoms with van der Waals surface area (Å²) < 4.78 is 35.0. The number of hydrogen-bond donors (Lipinski definition) is 1. The Hall–Kier alpha value is -1.37. The normalized spacial score (nSPS) is 19.4. The van der Waals surface area contributed by atoms with Crippen LogP contribution >= 0.6 is 15.9 Å². The summed E-state index contributed by atoms with van der Waals surface area (Å²) in [6, 6.07) is 14.6. The maximum atomic E-state index is 12.6. The minimum absolute atomic E-state index is 0.0414. The minimum atomic E-state index is -3.46. The lowest BCUT2D eigenvalue weighted by atomic mass is 9.90. The molecule has 24 heavy (non-hydrogen) atoms. The zero-order chi connectivity index (χ0) is 17.4. The quantitative estimate of drug-likeness (QED) is 0.823. The van der Waals surface area contributed by atoms with E-state index < -0.39 is 15.6 Å². The number of rotatable bonds is 4. The molecule has 2 aromatic rings. The second kappa shape index (κ2) is 6.50. The van der Waals surface area contributed by atoms with Gasteiger partial charge in [-0.05, 0) is 37.6 Å². The van der Waals surface area contributed by atoms with E-state index >= 15 is 0 Å². The van der Waals surface area contributed by atoms with E-state index in [0.717, 1.165) is 21.3 Å². The highest BCUT2D eigenvalue weighted by molar-refractivity contribution is 9.10. The Bertz CT molecular complexity index is 832. The second-order valence-electron chi connectivity index (χ2n) is 6.66. The van der Waals surface area contributed by atoms with Crippen molar-refractivity contribution >= 4 is 26.0 Å². The lowest BCUT2D eigenvalue weighted by Crippen LogP contribution is -2.41. The van der Waals surface area contributed by atoms with Crippen LogP contribution in [0.15, 0.2) is 53.0 Å². The molecular weight excluding hydrogens is 390 g/mol. The fourth-order valence-electron chi connectivity index (χ4n) is 2.97. The van der Waals surface area contributed by atoms with E-state index in [0.29, 0.717) is 6.42 Å². The molecule has 2 aromatic carbocycles. The topological polar surface area (TPSA) is 55.4 Å². The number of nitrogens with one attached hydrogen (secondary N) is 1. The highest BCUT2D eigenvalue weighted by Crippen LogP contribution is 2.39. The first-order chi connectivity index (χ1) is 11.2. The predicted molar refractivity (Wildman–Crippen MR) is 98.4 cm³/mol. The van der Waals surface area contributed by atoms with Crippen LogP contribution in [0.25, 0.3) is 0 Å². The molecule has 6 heteroatoms. The van der Waals surface area contributed by atoms with Gasteiger partial charge in [0, 0.05) is 16.5 Å². The Morgan fingerprint density at radius 1 is 1.17 bits per heavy atom. The van der Waals surface area contributed by atoms with Crippen molar-refractivity contribution < 1.29 is 13.2 Å². The molecule has 0 bridgehead atoms. The first-order valence-electron chi connectivity index (χ1n) is 7.76. The smallest absolute Gasteiger partial charge is 0.216 e. The van der Waals surface area contributed by atoms with Crippen LogP contribution in [-0.2, 0) is 15.8 Å². The number of halogens is 1. The summed E-state index contributed by atoms with van der Waals surface area (Å²) in [5.41, 5.74) is 1.22. The predicted octanol–water partition coefficient (Wildman–Crippen LogP) is 4.17. The van der Waals surface area contributed by atoms with Gasteiger partial charge in [0.1, 0.15) is 11.4 Å². The first-order valence-corrected chi connectivity index (χ1v) is 10.2. The molecule has 0 saturated heterocycles. The molecule has 0 aliphatic carbocycles. The van der Waals surface area contributed by atoms with Crippen LogP contribution in [-0.4, -0.2) is 14.0 Å². The van der Waals surface area contributed by atoms with Gasteiger partial charge in [0.15, 0.2) is 0 Å². The van der Waals surface area contributed by atoms with Crippen LogP contribution in [0.5, 0.6) is 5.75 Å². The molecule has 1 heterocycles. The molecule has 0 radical (unpaired) electrons. The van der Waals surface area contributed by atoms with Crippen molar-refractivity contribution in [2.45, 2.75) is 37.7 Å². The molecule has 0 amide bonds. The molecule has 1 unspecified atom stereocenters. The van der Waals surface area contributed by atoms with Crippen molar-refractivity contribution in [2.75, 3.05) is 0 Å². The van der Waals surface area contributed by atoms with Crippen LogP contribution < -0.4 is 9.46 Å². The van der Waals surface area contributed by atoms with E-state index in [9.17, 15) is 8.42 Å². The lowest BCUT2D eigenvalue weighted by Gasteiger charge is -2.37. The number of ether oxygens (including phenoxy) is 1. The molecule has 0 fully saturated rings. The van der Waals surface area contributed by atoms with E-state index in [-0.39, 0.29) is 11.8 Å². The Morgan fingerprint density at radius 3 is 2.54 bits per heavy atom. The van der Waals surface area contributed by atoms with E-state index in [1.54, 1.807) is 0 Å². The van der Waals surface area contributed by atoms with E-state index in [4.69, 9.17) is 4.74 Å². The molecule has 128 valence electrons. The summed E-state index contributed by atoms with van der Waals surface area (Å²) in [5, 5.41) is 0. The molecular formula is C18H20BrNO3S. The number of hydrogen-bond acceptors (Lipinski definition) is 3. The van der Waals surface area contributed by atoms with Gasteiger partial charge in [0.2, 0.25) is 10.0 Å². The summed E-state index contributed by atoms with van der Waals surface area (Å²) in [4.78, 5) is 0. The maximum absolute atomic E-state index is 12.6. The summed E-state index contributed by atoms with van der Waals surface area (Å²) in [6.07, 6.45) is 0.587. The van der Waals surface area contributed by atoms with Crippen LogP contribution in [0.1, 0.15) is 37.4 Å². The van der Waals surface area contributed by atoms with Gasteiger partial charge in [-0.15, -0.1) is 0 Å². The summed E-state index contributed by atoms with van der Waals surface area (Å²) in [7, 11) is -3.46. The minimum Gasteiger partial charge on any atom is -0.487 e. The van der Waals surface area contributed by atoms with Gasteiger partial charge in [-0.1, -0.05) is 46.3 Å². The monoisotopic (exact) mass is 409 g/mol. The van der Waals surface area contributed by atoms with Crippen molar-refractivity contribution in [3.63, 3.8) is 0 Å². The Morgan fingerprint density at radius 2 is 1.83 bits per heavy atom. The van der Waals surface area contributed by atoms with E-state index in [2.05, 4.69) is 20.7 Å². The van der Waals surface area contributed by atoms with Crippen molar-refractivity contribution in [1.29, 1.82) is 0 Å². The van der Waals surface area contributed by atoms with E-state index in [1.165, 1.54) is 0 Å². The molecule has 0 aromatic heterocycles. The Balaban J connectivity index is 1.82. The van der Waals surface area contributed by atoms with Crippen molar-refractivity contribution in [3.05, 3.63) is 64.1 Å². The molecule has 3 rings (SSSR count). The molecule has 1 atom stereocenters. The third kappa shape index (κ3) is 4.18. The second-order valence-corrected chi connectivity index (χ2v) is 9.33. The third-order valence-electron chi connectivity index (χ3n) is 3.97. The molecule has 4 nitrogen and oxygen atoms in total. The molecule has 1 aliphatic heterocycles. The van der Waals surface area contributed by atoms with Gasteiger partial charge < -0.3 is 4.74 Å². The van der Waals surface area contributed by atoms with Crippen LogP contribution in [0.4, 0.5) is 0 Å². The molecule has 0 spiro atoms. The average Bonchev–Trinajstić information content (AvgIpc) is 2.48. The molecule has 0 saturated carbocycles. The largest absolute Gasteiger partial charge is 0.487 e. The van der Waals surface area contributed by atoms with Crippen LogP contribution in [0, 0.1) is 0 Å². The average molecular weight is 410 g/mol. The van der Waals surface area contributed by atoms with Gasteiger partial charge in [-0.3, -0.25) is 0 Å². The summed E-state index contributed by atoms with van der Waals surface area (Å²) >= 11 is 3.36. The Labute approximate surface area is 151 Å². The number of para-hydroxylation sites is 1. The fourth-order valence-corrected chi connectivity index (χ4v) is 4.59. The van der Waals surface area contributed by atoms with Gasteiger partial charge in [-0.25, -0.2) is 13.1 Å². The van der Waals surface area contributed by atoms with Crippen molar-refractivity contribution in [2.24, 2.45) is 0 Å². The van der Waals surface area contributed by atoms with Gasteiger partial charge in [0.25, 0.3) is 0 Å². The highest BCUT2D eigenvalue weighted by atomic mass is 79.9. The lowest BCUT2D eigenvalue weighted by molar-refractivity contribution is 0.0702. The van der Waals surface area contributed by atoms with Gasteiger partial charge in [0.05, 0.1) is 11.8 Å². The first kappa shape index (κ1) is 17.5. The van der Waals surface area contributed by atoms with E-state index in [1.807, 2.05) is 62.4 Å². The SMILES string of the molecule is CC1(C)CC(NS(=O)(=O)Cc2ccc(Br)cc2)c2ccccc2O1. The standard InChI is InChI=1S/C18H20BrNO3S/c1-18(2)11-16(15-5-3-4-6-17(15)23-18)20-24(21,22)12-13-7-9-14(19)10-8-13/h3-10,16,20H,11-12H2,1-2H3. The maximum Gasteiger partial charge on any atom is 0.216 e. The zero-order valence-corrected chi connectivity index (χ0v) is 16.0. The highest BCUT2D eigenvalue weighted by Gasteiger charge is 2.35. The van der Waals surface area contributed by atoms with Crippen LogP contribution in [0.3, 0.4) is 0 Å². The van der Waals surface area contributed by atoms with Crippen molar-refractivity contribution in [1.82, 2.24) is 4.72 Å². The Kier molecular flexibility index (Phi) is 4.73. The molecule has 1 N–H and O–H groups in total. The zero-order valence-electron chi connectivity index (χ0n) is 13.6. The molecule has 1 aliphatic rings. The number of fused-ring (bicyclic) bond motifs is 1. The fraction of sp³-hybridized carbons (Fsp3) is 0.333. The number of benzene rings is 2. The van der Waals surface area contributed by atoms with Crippen LogP contribution in [0.2, 0.25) is 0 Å². The van der Waals surface area contributed by atoms with Crippen molar-refractivity contribution in [3.8, 4) is 5.75 Å². The van der Waals surface area contributed by atoms with Gasteiger partial charge in [-0.2, -0.15) is 0 Å². The van der Waals surface area contributed by atoms with Gasteiger partial charge >= 0.3 is 0 Å². The third-order valence-corrected chi connectivity index (χ3v) is 5.85.